The fourth-order valence-corrected chi connectivity index (χ4v) is 2.34. The van der Waals surface area contributed by atoms with E-state index in [2.05, 4.69) is 11.9 Å². The Kier molecular flexibility index (Phi) is 5.81. The molecule has 2 aromatic carbocycles. The Balaban J connectivity index is 2.12. The number of benzene rings is 2. The second kappa shape index (κ2) is 7.82. The lowest BCUT2D eigenvalue weighted by atomic mass is 10.0. The maximum Gasteiger partial charge on any atom is 0.128 e. The Bertz CT molecular complexity index is 643. The first-order valence-corrected chi connectivity index (χ1v) is 7.12. The van der Waals surface area contributed by atoms with Crippen LogP contribution in [-0.4, -0.2) is 5.11 Å². The lowest BCUT2D eigenvalue weighted by Crippen LogP contribution is -2.21. The molecular weight excluding hydrogens is 284 g/mol. The molecule has 0 radical (unpaired) electrons. The molecule has 2 N–H and O–H groups in total. The summed E-state index contributed by atoms with van der Waals surface area (Å²) >= 11 is 0. The molecule has 0 heterocycles. The van der Waals surface area contributed by atoms with Gasteiger partial charge in [-0.3, -0.25) is 0 Å². The average Bonchev–Trinajstić information content (AvgIpc) is 2.53. The number of hydrogen-bond acceptors (Lipinski definition) is 2. The monoisotopic (exact) mass is 303 g/mol. The van der Waals surface area contributed by atoms with Gasteiger partial charge in [0.2, 0.25) is 0 Å². The first-order chi connectivity index (χ1) is 10.7. The van der Waals surface area contributed by atoms with E-state index in [0.29, 0.717) is 18.5 Å². The zero-order valence-corrected chi connectivity index (χ0v) is 12.2. The van der Waals surface area contributed by atoms with Crippen molar-refractivity contribution in [2.45, 2.75) is 25.6 Å². The summed E-state index contributed by atoms with van der Waals surface area (Å²) in [4.78, 5) is 0. The minimum atomic E-state index is -0.428. The fourth-order valence-electron chi connectivity index (χ4n) is 2.34. The Hall–Kier alpha value is -2.04. The van der Waals surface area contributed by atoms with Gasteiger partial charge in [-0.2, -0.15) is 0 Å². The molecule has 0 saturated carbocycles. The number of aliphatic hydroxyl groups is 1. The van der Waals surface area contributed by atoms with Crippen LogP contribution in [0, 0.1) is 11.6 Å². The summed E-state index contributed by atoms with van der Waals surface area (Å²) < 4.78 is 27.3. The van der Waals surface area contributed by atoms with Gasteiger partial charge in [-0.25, -0.2) is 8.78 Å². The van der Waals surface area contributed by atoms with Crippen LogP contribution in [-0.2, 0) is 13.2 Å². The topological polar surface area (TPSA) is 32.3 Å². The summed E-state index contributed by atoms with van der Waals surface area (Å²) in [5.74, 6) is -0.694. The summed E-state index contributed by atoms with van der Waals surface area (Å²) in [6, 6.07) is 11.0. The Morgan fingerprint density at radius 2 is 1.91 bits per heavy atom. The lowest BCUT2D eigenvalue weighted by Gasteiger charge is -2.18. The summed E-state index contributed by atoms with van der Waals surface area (Å²) in [6.45, 7) is 3.80. The SMILES string of the molecule is C=CCC(NCc1ccc(F)c(CO)c1)c1ccccc1F. The molecule has 0 aromatic heterocycles. The first-order valence-electron chi connectivity index (χ1n) is 7.12. The normalized spacial score (nSPS) is 12.1. The zero-order valence-electron chi connectivity index (χ0n) is 12.2. The zero-order chi connectivity index (χ0) is 15.9. The molecule has 0 aliphatic rings. The van der Waals surface area contributed by atoms with Crippen LogP contribution in [0.4, 0.5) is 8.78 Å². The van der Waals surface area contributed by atoms with Gasteiger partial charge < -0.3 is 10.4 Å². The summed E-state index contributed by atoms with van der Waals surface area (Å²) in [7, 11) is 0. The number of halogens is 2. The molecule has 0 saturated heterocycles. The van der Waals surface area contributed by atoms with E-state index in [0.717, 1.165) is 5.56 Å². The van der Waals surface area contributed by atoms with E-state index in [1.165, 1.54) is 12.1 Å². The first kappa shape index (κ1) is 16.3. The lowest BCUT2D eigenvalue weighted by molar-refractivity contribution is 0.275. The van der Waals surface area contributed by atoms with Gasteiger partial charge in [-0.15, -0.1) is 6.58 Å². The number of rotatable bonds is 7. The van der Waals surface area contributed by atoms with Gasteiger partial charge in [0.25, 0.3) is 0 Å². The van der Waals surface area contributed by atoms with Crippen LogP contribution in [0.2, 0.25) is 0 Å². The van der Waals surface area contributed by atoms with E-state index in [4.69, 9.17) is 5.11 Å². The van der Waals surface area contributed by atoms with Crippen LogP contribution in [0.15, 0.2) is 55.1 Å². The minimum absolute atomic E-state index is 0.207. The highest BCUT2D eigenvalue weighted by Gasteiger charge is 2.13. The van der Waals surface area contributed by atoms with E-state index in [-0.39, 0.29) is 24.0 Å². The van der Waals surface area contributed by atoms with E-state index in [1.54, 1.807) is 36.4 Å². The van der Waals surface area contributed by atoms with Crippen molar-refractivity contribution in [2.24, 2.45) is 0 Å². The molecule has 0 amide bonds. The largest absolute Gasteiger partial charge is 0.392 e. The highest BCUT2D eigenvalue weighted by molar-refractivity contribution is 5.26. The molecule has 4 heteroatoms. The molecule has 1 atom stereocenters. The molecule has 22 heavy (non-hydrogen) atoms. The highest BCUT2D eigenvalue weighted by Crippen LogP contribution is 2.21. The van der Waals surface area contributed by atoms with Crippen molar-refractivity contribution in [1.82, 2.24) is 5.32 Å². The van der Waals surface area contributed by atoms with E-state index >= 15 is 0 Å². The quantitative estimate of drug-likeness (QED) is 0.761. The smallest absolute Gasteiger partial charge is 0.128 e. The van der Waals surface area contributed by atoms with Crippen molar-refractivity contribution >= 4 is 0 Å². The van der Waals surface area contributed by atoms with Gasteiger partial charge in [0.15, 0.2) is 0 Å². The molecule has 0 aliphatic heterocycles. The molecule has 1 unspecified atom stereocenters. The van der Waals surface area contributed by atoms with Crippen LogP contribution in [0.25, 0.3) is 0 Å². The summed E-state index contributed by atoms with van der Waals surface area (Å²) in [6.07, 6.45) is 2.31. The van der Waals surface area contributed by atoms with Gasteiger partial charge in [-0.1, -0.05) is 30.3 Å². The second-order valence-corrected chi connectivity index (χ2v) is 5.06. The molecular formula is C18H19F2NO. The van der Waals surface area contributed by atoms with Crippen LogP contribution in [0.3, 0.4) is 0 Å². The van der Waals surface area contributed by atoms with Gasteiger partial charge >= 0.3 is 0 Å². The van der Waals surface area contributed by atoms with Gasteiger partial charge in [-0.05, 0) is 30.2 Å². The van der Waals surface area contributed by atoms with E-state index < -0.39 is 5.82 Å². The molecule has 116 valence electrons. The predicted octanol–water partition coefficient (Wildman–Crippen LogP) is 3.86. The van der Waals surface area contributed by atoms with E-state index in [9.17, 15) is 8.78 Å². The maximum atomic E-state index is 13.9. The van der Waals surface area contributed by atoms with Crippen LogP contribution >= 0.6 is 0 Å². The molecule has 0 fully saturated rings. The highest BCUT2D eigenvalue weighted by atomic mass is 19.1. The van der Waals surface area contributed by atoms with Crippen molar-refractivity contribution in [3.63, 3.8) is 0 Å². The Labute approximate surface area is 129 Å². The van der Waals surface area contributed by atoms with Gasteiger partial charge in [0, 0.05) is 23.7 Å². The third-order valence-corrected chi connectivity index (χ3v) is 3.52. The number of aliphatic hydroxyl groups excluding tert-OH is 1. The van der Waals surface area contributed by atoms with Crippen molar-refractivity contribution in [1.29, 1.82) is 0 Å². The van der Waals surface area contributed by atoms with Gasteiger partial charge in [0.05, 0.1) is 6.61 Å². The average molecular weight is 303 g/mol. The molecule has 2 nitrogen and oxygen atoms in total. The fraction of sp³-hybridized carbons (Fsp3) is 0.222. The van der Waals surface area contributed by atoms with Crippen LogP contribution in [0.5, 0.6) is 0 Å². The molecule has 0 aliphatic carbocycles. The molecule has 0 spiro atoms. The van der Waals surface area contributed by atoms with Crippen molar-refractivity contribution in [3.8, 4) is 0 Å². The standard InChI is InChI=1S/C18H19F2NO/c1-2-5-18(15-6-3-4-7-17(15)20)21-11-13-8-9-16(19)14(10-13)12-22/h2-4,6-10,18,21-22H,1,5,11-12H2. The molecule has 2 aromatic rings. The van der Waals surface area contributed by atoms with Gasteiger partial charge in [0.1, 0.15) is 11.6 Å². The molecule has 2 rings (SSSR count). The maximum absolute atomic E-state index is 13.9. The predicted molar refractivity (Wildman–Crippen MR) is 83.1 cm³/mol. The Morgan fingerprint density at radius 3 is 2.59 bits per heavy atom. The second-order valence-electron chi connectivity index (χ2n) is 5.06. The number of nitrogens with one attached hydrogen (secondary N) is 1. The third-order valence-electron chi connectivity index (χ3n) is 3.52. The van der Waals surface area contributed by atoms with Crippen LogP contribution < -0.4 is 5.32 Å². The molecule has 0 bridgehead atoms. The Morgan fingerprint density at radius 1 is 1.14 bits per heavy atom. The van der Waals surface area contributed by atoms with Crippen molar-refractivity contribution < 1.29 is 13.9 Å². The van der Waals surface area contributed by atoms with Crippen molar-refractivity contribution in [3.05, 3.63) is 83.4 Å². The third kappa shape index (κ3) is 4.00. The minimum Gasteiger partial charge on any atom is -0.392 e. The number of hydrogen-bond donors (Lipinski definition) is 2. The van der Waals surface area contributed by atoms with E-state index in [1.807, 2.05) is 0 Å². The van der Waals surface area contributed by atoms with Crippen LogP contribution in [0.1, 0.15) is 29.2 Å². The van der Waals surface area contributed by atoms with Crippen molar-refractivity contribution in [2.75, 3.05) is 0 Å². The summed E-state index contributed by atoms with van der Waals surface area (Å²) in [5, 5.41) is 12.3. The summed E-state index contributed by atoms with van der Waals surface area (Å²) in [5.41, 5.74) is 1.66.